The third-order valence-electron chi connectivity index (χ3n) is 4.02. The fraction of sp³-hybridized carbons (Fsp3) is 0.786. The largest absolute Gasteiger partial charge is 0.309 e. The van der Waals surface area contributed by atoms with Gasteiger partial charge in [0, 0.05) is 38.3 Å². The summed E-state index contributed by atoms with van der Waals surface area (Å²) in [6.45, 7) is 11.7. The molecule has 1 aromatic rings. The molecule has 0 aromatic carbocycles. The fourth-order valence-electron chi connectivity index (χ4n) is 2.85. The van der Waals surface area contributed by atoms with Crippen molar-refractivity contribution in [2.24, 2.45) is 7.05 Å². The van der Waals surface area contributed by atoms with Crippen LogP contribution < -0.4 is 5.32 Å². The quantitative estimate of drug-likeness (QED) is 0.925. The molecule has 0 spiro atoms. The molecule has 0 saturated carbocycles. The lowest BCUT2D eigenvalue weighted by atomic mass is 9.97. The molecule has 1 aliphatic heterocycles. The summed E-state index contributed by atoms with van der Waals surface area (Å²) in [6.07, 6.45) is 1.15. The first-order chi connectivity index (χ1) is 8.84. The molecule has 1 aliphatic rings. The van der Waals surface area contributed by atoms with Crippen LogP contribution in [0.3, 0.4) is 0 Å². The van der Waals surface area contributed by atoms with Gasteiger partial charge in [-0.05, 0) is 27.2 Å². The van der Waals surface area contributed by atoms with E-state index in [1.807, 2.05) is 18.7 Å². The van der Waals surface area contributed by atoms with Crippen molar-refractivity contribution in [3.8, 4) is 0 Å². The molecule has 2 rings (SSSR count). The molecule has 0 amide bonds. The Morgan fingerprint density at radius 1 is 1.47 bits per heavy atom. The summed E-state index contributed by atoms with van der Waals surface area (Å²) in [7, 11) is 1.97. The van der Waals surface area contributed by atoms with Gasteiger partial charge in [0.05, 0.1) is 16.4 Å². The van der Waals surface area contributed by atoms with E-state index in [0.29, 0.717) is 6.04 Å². The van der Waals surface area contributed by atoms with Crippen LogP contribution >= 0.6 is 11.6 Å². The van der Waals surface area contributed by atoms with E-state index in [-0.39, 0.29) is 5.54 Å². The molecule has 2 heterocycles. The molecule has 108 valence electrons. The second-order valence-electron chi connectivity index (χ2n) is 6.20. The monoisotopic (exact) mass is 284 g/mol. The standard InChI is InChI=1S/C14H25ClN4/c1-6-11-7-16-14(3,4)9-19(11)8-12-13(15)10(2)17-18(12)5/h11,16H,6-9H2,1-5H3. The fourth-order valence-corrected chi connectivity index (χ4v) is 3.07. The minimum atomic E-state index is 0.159. The maximum Gasteiger partial charge on any atom is 0.0860 e. The van der Waals surface area contributed by atoms with E-state index >= 15 is 0 Å². The van der Waals surface area contributed by atoms with Gasteiger partial charge in [-0.25, -0.2) is 0 Å². The molecular weight excluding hydrogens is 260 g/mol. The van der Waals surface area contributed by atoms with Crippen LogP contribution in [0.1, 0.15) is 38.6 Å². The van der Waals surface area contributed by atoms with Crippen molar-refractivity contribution < 1.29 is 0 Å². The predicted octanol–water partition coefficient (Wildman–Crippen LogP) is 2.34. The van der Waals surface area contributed by atoms with E-state index in [2.05, 4.69) is 36.1 Å². The maximum absolute atomic E-state index is 6.37. The molecule has 1 saturated heterocycles. The Labute approximate surface area is 121 Å². The van der Waals surface area contributed by atoms with E-state index in [1.54, 1.807) is 0 Å². The summed E-state index contributed by atoms with van der Waals surface area (Å²) in [5.41, 5.74) is 2.20. The van der Waals surface area contributed by atoms with Crippen molar-refractivity contribution in [3.05, 3.63) is 16.4 Å². The van der Waals surface area contributed by atoms with Gasteiger partial charge in [-0.2, -0.15) is 5.10 Å². The molecule has 1 fully saturated rings. The Hall–Kier alpha value is -0.580. The number of nitrogens with one attached hydrogen (secondary N) is 1. The minimum absolute atomic E-state index is 0.159. The third-order valence-corrected chi connectivity index (χ3v) is 4.51. The van der Waals surface area contributed by atoms with Crippen LogP contribution in [0.15, 0.2) is 0 Å². The number of rotatable bonds is 3. The van der Waals surface area contributed by atoms with Gasteiger partial charge in [0.25, 0.3) is 0 Å². The second-order valence-corrected chi connectivity index (χ2v) is 6.58. The Kier molecular flexibility index (Phi) is 4.23. The Balaban J connectivity index is 2.19. The number of nitrogens with zero attached hydrogens (tertiary/aromatic N) is 3. The molecule has 1 N–H and O–H groups in total. The summed E-state index contributed by atoms with van der Waals surface area (Å²) in [5, 5.41) is 8.83. The Morgan fingerprint density at radius 2 is 2.16 bits per heavy atom. The molecule has 0 aliphatic carbocycles. The number of hydrogen-bond acceptors (Lipinski definition) is 3. The van der Waals surface area contributed by atoms with Gasteiger partial charge in [-0.1, -0.05) is 18.5 Å². The van der Waals surface area contributed by atoms with Crippen LogP contribution in [0.5, 0.6) is 0 Å². The van der Waals surface area contributed by atoms with Crippen molar-refractivity contribution in [2.75, 3.05) is 13.1 Å². The topological polar surface area (TPSA) is 33.1 Å². The molecule has 1 unspecified atom stereocenters. The second kappa shape index (κ2) is 5.43. The molecule has 5 heteroatoms. The van der Waals surface area contributed by atoms with Gasteiger partial charge in [-0.15, -0.1) is 0 Å². The van der Waals surface area contributed by atoms with E-state index in [1.165, 1.54) is 0 Å². The average molecular weight is 285 g/mol. The first-order valence-corrected chi connectivity index (χ1v) is 7.39. The van der Waals surface area contributed by atoms with Crippen LogP contribution in [-0.4, -0.2) is 39.4 Å². The summed E-state index contributed by atoms with van der Waals surface area (Å²) >= 11 is 6.37. The zero-order chi connectivity index (χ0) is 14.2. The molecule has 1 atom stereocenters. The molecule has 0 radical (unpaired) electrons. The molecule has 1 aromatic heterocycles. The highest BCUT2D eigenvalue weighted by Crippen LogP contribution is 2.25. The lowest BCUT2D eigenvalue weighted by molar-refractivity contribution is 0.0836. The van der Waals surface area contributed by atoms with E-state index in [0.717, 1.165) is 42.5 Å². The maximum atomic E-state index is 6.37. The molecular formula is C14H25ClN4. The average Bonchev–Trinajstić information content (AvgIpc) is 2.55. The summed E-state index contributed by atoms with van der Waals surface area (Å²) in [5.74, 6) is 0. The van der Waals surface area contributed by atoms with Gasteiger partial charge in [0.1, 0.15) is 0 Å². The Bertz CT molecular complexity index is 453. The summed E-state index contributed by atoms with van der Waals surface area (Å²) in [4.78, 5) is 2.53. The number of hydrogen-bond donors (Lipinski definition) is 1. The highest BCUT2D eigenvalue weighted by molar-refractivity contribution is 6.31. The first kappa shape index (κ1) is 14.8. The van der Waals surface area contributed by atoms with Crippen molar-refractivity contribution >= 4 is 11.6 Å². The minimum Gasteiger partial charge on any atom is -0.309 e. The number of aromatic nitrogens is 2. The zero-order valence-electron chi connectivity index (χ0n) is 12.6. The van der Waals surface area contributed by atoms with Gasteiger partial charge >= 0.3 is 0 Å². The van der Waals surface area contributed by atoms with E-state index < -0.39 is 0 Å². The zero-order valence-corrected chi connectivity index (χ0v) is 13.4. The third kappa shape index (κ3) is 3.12. The van der Waals surface area contributed by atoms with E-state index in [4.69, 9.17) is 11.6 Å². The lowest BCUT2D eigenvalue weighted by Gasteiger charge is -2.44. The first-order valence-electron chi connectivity index (χ1n) is 7.01. The SMILES string of the molecule is CCC1CNC(C)(C)CN1Cc1c(Cl)c(C)nn1C. The number of piperazine rings is 1. The van der Waals surface area contributed by atoms with Crippen molar-refractivity contribution in [3.63, 3.8) is 0 Å². The van der Waals surface area contributed by atoms with Crippen LogP contribution in [0, 0.1) is 6.92 Å². The Morgan fingerprint density at radius 3 is 2.68 bits per heavy atom. The number of aryl methyl sites for hydroxylation is 2. The van der Waals surface area contributed by atoms with Crippen LogP contribution in [0.4, 0.5) is 0 Å². The van der Waals surface area contributed by atoms with Gasteiger partial charge in [-0.3, -0.25) is 9.58 Å². The summed E-state index contributed by atoms with van der Waals surface area (Å²) in [6, 6.07) is 0.569. The van der Waals surface area contributed by atoms with Crippen LogP contribution in [-0.2, 0) is 13.6 Å². The smallest absolute Gasteiger partial charge is 0.0860 e. The number of halogens is 1. The van der Waals surface area contributed by atoms with Gasteiger partial charge < -0.3 is 5.32 Å². The molecule has 0 bridgehead atoms. The molecule has 4 nitrogen and oxygen atoms in total. The van der Waals surface area contributed by atoms with Crippen molar-refractivity contribution in [2.45, 2.75) is 52.2 Å². The van der Waals surface area contributed by atoms with Crippen molar-refractivity contribution in [1.29, 1.82) is 0 Å². The van der Waals surface area contributed by atoms with Crippen LogP contribution in [0.25, 0.3) is 0 Å². The van der Waals surface area contributed by atoms with E-state index in [9.17, 15) is 0 Å². The van der Waals surface area contributed by atoms with Gasteiger partial charge in [0.2, 0.25) is 0 Å². The summed E-state index contributed by atoms with van der Waals surface area (Å²) < 4.78 is 1.92. The van der Waals surface area contributed by atoms with Crippen LogP contribution in [0.2, 0.25) is 5.02 Å². The highest BCUT2D eigenvalue weighted by Gasteiger charge is 2.32. The van der Waals surface area contributed by atoms with Crippen molar-refractivity contribution in [1.82, 2.24) is 20.0 Å². The van der Waals surface area contributed by atoms with Gasteiger partial charge in [0.15, 0.2) is 0 Å². The normalized spacial score (nSPS) is 23.8. The highest BCUT2D eigenvalue weighted by atomic mass is 35.5. The predicted molar refractivity (Wildman–Crippen MR) is 79.5 cm³/mol. The lowest BCUT2D eigenvalue weighted by Crippen LogP contribution is -2.61. The molecule has 19 heavy (non-hydrogen) atoms.